The zero-order valence-electron chi connectivity index (χ0n) is 8.07. The molecule has 3 nitrogen and oxygen atoms in total. The molecule has 1 heterocycles. The second-order valence-corrected chi connectivity index (χ2v) is 3.32. The van der Waals surface area contributed by atoms with Crippen LogP contribution in [0.1, 0.15) is 12.0 Å². The van der Waals surface area contributed by atoms with Gasteiger partial charge in [-0.1, -0.05) is 0 Å². The van der Waals surface area contributed by atoms with Crippen LogP contribution in [0.15, 0.2) is 18.2 Å². The van der Waals surface area contributed by atoms with Crippen molar-refractivity contribution >= 4 is 24.0 Å². The van der Waals surface area contributed by atoms with Crippen molar-refractivity contribution in [1.82, 2.24) is 0 Å². The monoisotopic (exact) mass is 230 g/mol. The van der Waals surface area contributed by atoms with Crippen LogP contribution in [0.2, 0.25) is 0 Å². The second-order valence-electron chi connectivity index (χ2n) is 3.32. The highest BCUT2D eigenvalue weighted by molar-refractivity contribution is 5.99. The average molecular weight is 231 g/mol. The highest BCUT2D eigenvalue weighted by Gasteiger charge is 2.25. The third-order valence-corrected chi connectivity index (χ3v) is 2.34. The van der Waals surface area contributed by atoms with E-state index in [2.05, 4.69) is 0 Å². The Morgan fingerprint density at radius 3 is 2.60 bits per heavy atom. The quantitative estimate of drug-likeness (QED) is 0.782. The van der Waals surface area contributed by atoms with Crippen molar-refractivity contribution in [3.8, 4) is 0 Å². The predicted molar refractivity (Wildman–Crippen MR) is 58.5 cm³/mol. The Hall–Kier alpha value is -1.13. The first-order valence-electron chi connectivity index (χ1n) is 4.50. The predicted octanol–water partition coefficient (Wildman–Crippen LogP) is 1.44. The fourth-order valence-corrected chi connectivity index (χ4v) is 1.50. The minimum Gasteiger partial charge on any atom is -0.326 e. The van der Waals surface area contributed by atoms with Crippen molar-refractivity contribution in [2.75, 3.05) is 11.4 Å². The lowest BCUT2D eigenvalue weighted by molar-refractivity contribution is -0.122. The van der Waals surface area contributed by atoms with Crippen molar-refractivity contribution in [3.05, 3.63) is 29.6 Å². The van der Waals surface area contributed by atoms with E-state index in [1.165, 1.54) is 12.1 Å². The summed E-state index contributed by atoms with van der Waals surface area (Å²) in [6, 6.07) is 4.49. The van der Waals surface area contributed by atoms with Gasteiger partial charge in [0.05, 0.1) is 0 Å². The Morgan fingerprint density at radius 1 is 1.40 bits per heavy atom. The van der Waals surface area contributed by atoms with Crippen LogP contribution in [0.3, 0.4) is 0 Å². The van der Waals surface area contributed by atoms with Gasteiger partial charge in [-0.15, -0.1) is 12.4 Å². The molecule has 1 aromatic rings. The van der Waals surface area contributed by atoms with E-state index in [1.54, 1.807) is 11.0 Å². The van der Waals surface area contributed by atoms with Crippen LogP contribution in [-0.2, 0) is 11.3 Å². The van der Waals surface area contributed by atoms with Gasteiger partial charge in [-0.3, -0.25) is 4.79 Å². The first-order valence-corrected chi connectivity index (χ1v) is 4.50. The van der Waals surface area contributed by atoms with Crippen molar-refractivity contribution in [2.24, 2.45) is 5.73 Å². The number of β-lactam (4-membered cyclic amide) rings is 1. The van der Waals surface area contributed by atoms with Crippen LogP contribution in [0.5, 0.6) is 0 Å². The number of halogens is 2. The fraction of sp³-hybridized carbons (Fsp3) is 0.300. The van der Waals surface area contributed by atoms with Gasteiger partial charge >= 0.3 is 0 Å². The van der Waals surface area contributed by atoms with Gasteiger partial charge < -0.3 is 10.6 Å². The molecular weight excluding hydrogens is 219 g/mol. The maximum atomic E-state index is 13.1. The molecule has 1 aliphatic rings. The number of nitrogens with two attached hydrogens (primary N) is 1. The minimum absolute atomic E-state index is 0. The second kappa shape index (κ2) is 4.59. The van der Waals surface area contributed by atoms with Gasteiger partial charge in [-0.2, -0.15) is 0 Å². The standard InChI is InChI=1S/C10H11FN2O.ClH/c11-8-3-7(6-12)4-9(5-8)13-2-1-10(13)14;/h3-5H,1-2,6,12H2;1H. The van der Waals surface area contributed by atoms with Crippen LogP contribution in [0, 0.1) is 5.82 Å². The van der Waals surface area contributed by atoms with Crippen LogP contribution < -0.4 is 10.6 Å². The molecule has 1 aliphatic heterocycles. The number of anilines is 1. The third-order valence-electron chi connectivity index (χ3n) is 2.34. The lowest BCUT2D eigenvalue weighted by Crippen LogP contribution is -2.43. The molecule has 0 bridgehead atoms. The highest BCUT2D eigenvalue weighted by Crippen LogP contribution is 2.23. The van der Waals surface area contributed by atoms with Crippen molar-refractivity contribution in [2.45, 2.75) is 13.0 Å². The summed E-state index contributed by atoms with van der Waals surface area (Å²) in [5, 5.41) is 0. The van der Waals surface area contributed by atoms with Gasteiger partial charge in [0.25, 0.3) is 0 Å². The molecule has 0 radical (unpaired) electrons. The van der Waals surface area contributed by atoms with Gasteiger partial charge in [0.1, 0.15) is 5.82 Å². The average Bonchev–Trinajstić information content (AvgIpc) is 2.14. The molecule has 1 fully saturated rings. The fourth-order valence-electron chi connectivity index (χ4n) is 1.50. The molecule has 0 saturated carbocycles. The van der Waals surface area contributed by atoms with E-state index in [-0.39, 0.29) is 30.7 Å². The summed E-state index contributed by atoms with van der Waals surface area (Å²) >= 11 is 0. The number of amides is 1. The van der Waals surface area contributed by atoms with Crippen molar-refractivity contribution in [1.29, 1.82) is 0 Å². The summed E-state index contributed by atoms with van der Waals surface area (Å²) < 4.78 is 13.1. The summed E-state index contributed by atoms with van der Waals surface area (Å²) in [7, 11) is 0. The molecule has 0 spiro atoms. The van der Waals surface area contributed by atoms with Crippen molar-refractivity contribution in [3.63, 3.8) is 0 Å². The Labute approximate surface area is 93.5 Å². The molecule has 82 valence electrons. The van der Waals surface area contributed by atoms with Gasteiger partial charge in [0.2, 0.25) is 5.91 Å². The largest absolute Gasteiger partial charge is 0.326 e. The Balaban J connectivity index is 0.00000112. The molecule has 15 heavy (non-hydrogen) atoms. The number of carbonyl (C=O) groups is 1. The third kappa shape index (κ3) is 2.27. The minimum atomic E-state index is -0.345. The molecule has 2 N–H and O–H groups in total. The summed E-state index contributed by atoms with van der Waals surface area (Å²) in [5.41, 5.74) is 6.73. The van der Waals surface area contributed by atoms with Crippen LogP contribution >= 0.6 is 12.4 Å². The zero-order valence-corrected chi connectivity index (χ0v) is 8.89. The Bertz CT molecular complexity index is 384. The highest BCUT2D eigenvalue weighted by atomic mass is 35.5. The van der Waals surface area contributed by atoms with Crippen LogP contribution in [0.25, 0.3) is 0 Å². The maximum Gasteiger partial charge on any atom is 0.228 e. The van der Waals surface area contributed by atoms with E-state index in [0.717, 1.165) is 0 Å². The van der Waals surface area contributed by atoms with Gasteiger partial charge in [0.15, 0.2) is 0 Å². The lowest BCUT2D eigenvalue weighted by Gasteiger charge is -2.30. The Kier molecular flexibility index (Phi) is 3.66. The first-order chi connectivity index (χ1) is 6.70. The van der Waals surface area contributed by atoms with Crippen LogP contribution in [0.4, 0.5) is 10.1 Å². The summed E-state index contributed by atoms with van der Waals surface area (Å²) in [4.78, 5) is 12.7. The number of rotatable bonds is 2. The molecule has 0 unspecified atom stereocenters. The summed E-state index contributed by atoms with van der Waals surface area (Å²) in [5.74, 6) is -0.304. The van der Waals surface area contributed by atoms with Crippen molar-refractivity contribution < 1.29 is 9.18 Å². The number of hydrogen-bond donors (Lipinski definition) is 1. The van der Waals surface area contributed by atoms with E-state index >= 15 is 0 Å². The molecule has 1 saturated heterocycles. The normalized spacial score (nSPS) is 14.5. The lowest BCUT2D eigenvalue weighted by atomic mass is 10.1. The first kappa shape index (κ1) is 11.9. The van der Waals surface area contributed by atoms with Gasteiger partial charge in [-0.25, -0.2) is 4.39 Å². The molecular formula is C10H12ClFN2O. The molecule has 1 aromatic carbocycles. The smallest absolute Gasteiger partial charge is 0.228 e. The van der Waals surface area contributed by atoms with E-state index in [0.29, 0.717) is 24.2 Å². The Morgan fingerprint density at radius 2 is 2.13 bits per heavy atom. The van der Waals surface area contributed by atoms with Gasteiger partial charge in [0, 0.05) is 25.2 Å². The summed E-state index contributed by atoms with van der Waals surface area (Å²) in [6.07, 6.45) is 0.550. The van der Waals surface area contributed by atoms with E-state index in [4.69, 9.17) is 5.73 Å². The number of carbonyl (C=O) groups excluding carboxylic acids is 1. The molecule has 1 amide bonds. The maximum absolute atomic E-state index is 13.1. The molecule has 0 atom stereocenters. The SMILES string of the molecule is Cl.NCc1cc(F)cc(N2CCC2=O)c1. The molecule has 2 rings (SSSR count). The zero-order chi connectivity index (χ0) is 10.1. The van der Waals surface area contributed by atoms with E-state index in [9.17, 15) is 9.18 Å². The van der Waals surface area contributed by atoms with Crippen LogP contribution in [-0.4, -0.2) is 12.5 Å². The summed E-state index contributed by atoms with van der Waals surface area (Å²) in [6.45, 7) is 0.957. The molecule has 0 aromatic heterocycles. The molecule has 0 aliphatic carbocycles. The van der Waals surface area contributed by atoms with E-state index in [1.807, 2.05) is 0 Å². The topological polar surface area (TPSA) is 46.3 Å². The van der Waals surface area contributed by atoms with E-state index < -0.39 is 0 Å². The molecule has 5 heteroatoms. The number of nitrogens with zero attached hydrogens (tertiary/aromatic N) is 1. The number of hydrogen-bond acceptors (Lipinski definition) is 2. The van der Waals surface area contributed by atoms with Gasteiger partial charge in [-0.05, 0) is 23.8 Å². The number of benzene rings is 1.